The van der Waals surface area contributed by atoms with Crippen molar-refractivity contribution in [1.82, 2.24) is 9.78 Å². The standard InChI is InChI=1S/C13H26N4S/c1-6-18-8-7-10(4)15-13-12(14)11(5)16-17(13)9(2)3/h9-10,15H,6-8,14H2,1-5H3. The molecule has 1 unspecified atom stereocenters. The largest absolute Gasteiger partial charge is 0.394 e. The summed E-state index contributed by atoms with van der Waals surface area (Å²) in [5, 5.41) is 7.99. The zero-order valence-electron chi connectivity index (χ0n) is 12.2. The van der Waals surface area contributed by atoms with Crippen LogP contribution in [0, 0.1) is 6.92 Å². The summed E-state index contributed by atoms with van der Waals surface area (Å²) in [5.74, 6) is 3.33. The van der Waals surface area contributed by atoms with Gasteiger partial charge in [0.2, 0.25) is 0 Å². The minimum Gasteiger partial charge on any atom is -0.394 e. The number of hydrogen-bond acceptors (Lipinski definition) is 4. The molecule has 0 saturated carbocycles. The SMILES string of the molecule is CCSCCC(C)Nc1c(N)c(C)nn1C(C)C. The summed E-state index contributed by atoms with van der Waals surface area (Å²) in [5.41, 5.74) is 7.77. The van der Waals surface area contributed by atoms with Crippen LogP contribution in [-0.2, 0) is 0 Å². The van der Waals surface area contributed by atoms with E-state index in [0.717, 1.165) is 23.6 Å². The second-order valence-corrected chi connectivity index (χ2v) is 6.31. The molecule has 1 aromatic rings. The number of nitrogens with one attached hydrogen (secondary N) is 1. The summed E-state index contributed by atoms with van der Waals surface area (Å²) in [6.07, 6.45) is 1.14. The number of nitrogen functional groups attached to an aromatic ring is 1. The van der Waals surface area contributed by atoms with Crippen molar-refractivity contribution in [3.05, 3.63) is 5.69 Å². The summed E-state index contributed by atoms with van der Waals surface area (Å²) < 4.78 is 1.98. The van der Waals surface area contributed by atoms with E-state index in [0.29, 0.717) is 12.1 Å². The highest BCUT2D eigenvalue weighted by Crippen LogP contribution is 2.26. The van der Waals surface area contributed by atoms with Crippen molar-refractivity contribution in [2.75, 3.05) is 22.6 Å². The third-order valence-corrected chi connectivity index (χ3v) is 3.84. The normalized spacial score (nSPS) is 13.0. The van der Waals surface area contributed by atoms with Gasteiger partial charge in [0.25, 0.3) is 0 Å². The first-order valence-electron chi connectivity index (χ1n) is 6.66. The van der Waals surface area contributed by atoms with Gasteiger partial charge in [-0.25, -0.2) is 4.68 Å². The van der Waals surface area contributed by atoms with Crippen LogP contribution in [0.5, 0.6) is 0 Å². The highest BCUT2D eigenvalue weighted by atomic mass is 32.2. The molecular weight excluding hydrogens is 244 g/mol. The molecule has 1 aromatic heterocycles. The van der Waals surface area contributed by atoms with Gasteiger partial charge in [0.05, 0.1) is 11.4 Å². The second-order valence-electron chi connectivity index (χ2n) is 4.92. The van der Waals surface area contributed by atoms with Crippen molar-refractivity contribution in [3.8, 4) is 0 Å². The Kier molecular flexibility index (Phi) is 5.85. The summed E-state index contributed by atoms with van der Waals surface area (Å²) in [4.78, 5) is 0. The summed E-state index contributed by atoms with van der Waals surface area (Å²) in [7, 11) is 0. The van der Waals surface area contributed by atoms with Gasteiger partial charge in [-0.15, -0.1) is 0 Å². The number of aromatic nitrogens is 2. The van der Waals surface area contributed by atoms with Gasteiger partial charge in [-0.1, -0.05) is 6.92 Å². The average Bonchev–Trinajstić information content (AvgIpc) is 2.58. The number of anilines is 2. The number of nitrogens with zero attached hydrogens (tertiary/aromatic N) is 2. The molecule has 0 aliphatic heterocycles. The fourth-order valence-electron chi connectivity index (χ4n) is 1.79. The molecule has 0 aliphatic rings. The molecule has 0 radical (unpaired) electrons. The predicted molar refractivity (Wildman–Crippen MR) is 82.5 cm³/mol. The molecule has 18 heavy (non-hydrogen) atoms. The molecule has 1 heterocycles. The van der Waals surface area contributed by atoms with E-state index in [1.165, 1.54) is 11.5 Å². The van der Waals surface area contributed by atoms with Crippen LogP contribution in [-0.4, -0.2) is 27.3 Å². The van der Waals surface area contributed by atoms with Gasteiger partial charge in [-0.3, -0.25) is 0 Å². The number of nitrogens with two attached hydrogens (primary N) is 1. The van der Waals surface area contributed by atoms with E-state index in [1.807, 2.05) is 23.4 Å². The van der Waals surface area contributed by atoms with Crippen molar-refractivity contribution in [3.63, 3.8) is 0 Å². The molecule has 0 saturated heterocycles. The maximum Gasteiger partial charge on any atom is 0.148 e. The number of hydrogen-bond donors (Lipinski definition) is 2. The molecule has 0 aliphatic carbocycles. The Bertz CT molecular complexity index is 373. The number of aryl methyl sites for hydroxylation is 1. The van der Waals surface area contributed by atoms with Crippen LogP contribution < -0.4 is 11.1 Å². The van der Waals surface area contributed by atoms with Crippen LogP contribution >= 0.6 is 11.8 Å². The highest BCUT2D eigenvalue weighted by molar-refractivity contribution is 7.99. The maximum absolute atomic E-state index is 6.09. The predicted octanol–water partition coefficient (Wildman–Crippen LogP) is 3.30. The zero-order valence-corrected chi connectivity index (χ0v) is 13.0. The fourth-order valence-corrected chi connectivity index (χ4v) is 2.60. The van der Waals surface area contributed by atoms with Gasteiger partial charge in [0.15, 0.2) is 0 Å². The second kappa shape index (κ2) is 6.92. The van der Waals surface area contributed by atoms with E-state index in [1.54, 1.807) is 0 Å². The average molecular weight is 270 g/mol. The molecule has 4 nitrogen and oxygen atoms in total. The molecule has 0 spiro atoms. The van der Waals surface area contributed by atoms with Crippen LogP contribution in [0.1, 0.15) is 45.9 Å². The Balaban J connectivity index is 2.70. The van der Waals surface area contributed by atoms with Crippen LogP contribution in [0.4, 0.5) is 11.5 Å². The minimum absolute atomic E-state index is 0.320. The Morgan fingerprint density at radius 3 is 2.61 bits per heavy atom. The van der Waals surface area contributed by atoms with E-state index in [4.69, 9.17) is 5.73 Å². The van der Waals surface area contributed by atoms with Crippen molar-refractivity contribution in [2.45, 2.75) is 53.1 Å². The molecule has 0 amide bonds. The lowest BCUT2D eigenvalue weighted by atomic mass is 10.2. The Labute approximate surface area is 115 Å². The lowest BCUT2D eigenvalue weighted by Crippen LogP contribution is -2.20. The van der Waals surface area contributed by atoms with Crippen LogP contribution in [0.15, 0.2) is 0 Å². The van der Waals surface area contributed by atoms with Gasteiger partial charge < -0.3 is 11.1 Å². The quantitative estimate of drug-likeness (QED) is 0.746. The van der Waals surface area contributed by atoms with Crippen LogP contribution in [0.3, 0.4) is 0 Å². The monoisotopic (exact) mass is 270 g/mol. The van der Waals surface area contributed by atoms with Crippen LogP contribution in [0.2, 0.25) is 0 Å². The molecule has 1 rings (SSSR count). The Morgan fingerprint density at radius 2 is 2.06 bits per heavy atom. The summed E-state index contributed by atoms with van der Waals surface area (Å²) in [6.45, 7) is 10.6. The Morgan fingerprint density at radius 1 is 1.39 bits per heavy atom. The molecule has 0 fully saturated rings. The summed E-state index contributed by atoms with van der Waals surface area (Å²) in [6, 6.07) is 0.737. The van der Waals surface area contributed by atoms with E-state index in [-0.39, 0.29) is 0 Å². The van der Waals surface area contributed by atoms with Crippen molar-refractivity contribution in [2.24, 2.45) is 0 Å². The first kappa shape index (κ1) is 15.2. The van der Waals surface area contributed by atoms with Gasteiger partial charge in [-0.2, -0.15) is 16.9 Å². The van der Waals surface area contributed by atoms with Crippen molar-refractivity contribution >= 4 is 23.3 Å². The first-order valence-corrected chi connectivity index (χ1v) is 7.81. The first-order chi connectivity index (χ1) is 8.47. The third-order valence-electron chi connectivity index (χ3n) is 2.90. The highest BCUT2D eigenvalue weighted by Gasteiger charge is 2.16. The van der Waals surface area contributed by atoms with E-state index in [9.17, 15) is 0 Å². The molecule has 3 N–H and O–H groups in total. The summed E-state index contributed by atoms with van der Waals surface area (Å²) >= 11 is 1.97. The van der Waals surface area contributed by atoms with E-state index < -0.39 is 0 Å². The van der Waals surface area contributed by atoms with Gasteiger partial charge >= 0.3 is 0 Å². The lowest BCUT2D eigenvalue weighted by molar-refractivity contribution is 0.531. The van der Waals surface area contributed by atoms with E-state index in [2.05, 4.69) is 38.1 Å². The number of thioether (sulfide) groups is 1. The maximum atomic E-state index is 6.09. The molecule has 5 heteroatoms. The van der Waals surface area contributed by atoms with Crippen LogP contribution in [0.25, 0.3) is 0 Å². The number of rotatable bonds is 7. The molecule has 0 bridgehead atoms. The fraction of sp³-hybridized carbons (Fsp3) is 0.769. The van der Waals surface area contributed by atoms with Gasteiger partial charge in [0.1, 0.15) is 5.82 Å². The van der Waals surface area contributed by atoms with Crippen molar-refractivity contribution < 1.29 is 0 Å². The van der Waals surface area contributed by atoms with Gasteiger partial charge in [-0.05, 0) is 45.6 Å². The molecule has 0 aromatic carbocycles. The van der Waals surface area contributed by atoms with Crippen molar-refractivity contribution in [1.29, 1.82) is 0 Å². The Hall–Kier alpha value is -0.840. The topological polar surface area (TPSA) is 55.9 Å². The smallest absolute Gasteiger partial charge is 0.148 e. The molecule has 1 atom stereocenters. The zero-order chi connectivity index (χ0) is 13.7. The minimum atomic E-state index is 0.320. The molecule has 104 valence electrons. The van der Waals surface area contributed by atoms with Gasteiger partial charge in [0, 0.05) is 12.1 Å². The van der Waals surface area contributed by atoms with E-state index >= 15 is 0 Å². The molecular formula is C13H26N4S. The third kappa shape index (κ3) is 3.83. The lowest BCUT2D eigenvalue weighted by Gasteiger charge is -2.18.